The third-order valence-corrected chi connectivity index (χ3v) is 3.42. The molecule has 0 aliphatic heterocycles. The first kappa shape index (κ1) is 14.9. The van der Waals surface area contributed by atoms with Gasteiger partial charge in [0.25, 0.3) is 0 Å². The number of nitrogens with one attached hydrogen (secondary N) is 1. The topological polar surface area (TPSA) is 37.8 Å². The number of benzene rings is 1. The minimum absolute atomic E-state index is 0.0737. The van der Waals surface area contributed by atoms with E-state index in [0.717, 1.165) is 18.5 Å². The first-order chi connectivity index (χ1) is 9.72. The van der Waals surface area contributed by atoms with Crippen molar-refractivity contribution < 1.29 is 4.39 Å². The Balaban J connectivity index is 2.21. The summed E-state index contributed by atoms with van der Waals surface area (Å²) >= 11 is 6.02. The molecule has 0 saturated heterocycles. The van der Waals surface area contributed by atoms with Crippen LogP contribution in [-0.2, 0) is 6.42 Å². The Morgan fingerprint density at radius 2 is 2.00 bits per heavy atom. The van der Waals surface area contributed by atoms with Crippen LogP contribution >= 0.6 is 11.6 Å². The first-order valence-electron chi connectivity index (χ1n) is 6.65. The zero-order valence-electron chi connectivity index (χ0n) is 11.3. The van der Waals surface area contributed by atoms with Crippen molar-refractivity contribution >= 4 is 11.6 Å². The fraction of sp³-hybridized carbons (Fsp3) is 0.333. The van der Waals surface area contributed by atoms with Crippen LogP contribution in [-0.4, -0.2) is 16.5 Å². The molecule has 1 aromatic heterocycles. The van der Waals surface area contributed by atoms with Crippen LogP contribution in [0.3, 0.4) is 0 Å². The van der Waals surface area contributed by atoms with E-state index in [1.165, 1.54) is 6.07 Å². The molecule has 0 amide bonds. The van der Waals surface area contributed by atoms with E-state index in [4.69, 9.17) is 11.6 Å². The maximum atomic E-state index is 13.5. The zero-order valence-corrected chi connectivity index (χ0v) is 12.1. The minimum atomic E-state index is -0.396. The smallest absolute Gasteiger partial charge is 0.145 e. The molecule has 3 nitrogen and oxygen atoms in total. The van der Waals surface area contributed by atoms with Crippen LogP contribution in [0.25, 0.3) is 0 Å². The normalized spacial score (nSPS) is 12.3. The van der Waals surface area contributed by atoms with Gasteiger partial charge in [0.2, 0.25) is 0 Å². The lowest BCUT2D eigenvalue weighted by Gasteiger charge is -2.17. The van der Waals surface area contributed by atoms with E-state index in [-0.39, 0.29) is 11.1 Å². The van der Waals surface area contributed by atoms with Crippen LogP contribution < -0.4 is 5.32 Å². The minimum Gasteiger partial charge on any atom is -0.307 e. The second-order valence-corrected chi connectivity index (χ2v) is 4.91. The highest BCUT2D eigenvalue weighted by atomic mass is 35.5. The summed E-state index contributed by atoms with van der Waals surface area (Å²) < 4.78 is 13.5. The molecule has 20 heavy (non-hydrogen) atoms. The molecule has 1 unspecified atom stereocenters. The summed E-state index contributed by atoms with van der Waals surface area (Å²) in [5.41, 5.74) is 0.757. The average molecular weight is 294 g/mol. The highest BCUT2D eigenvalue weighted by molar-refractivity contribution is 6.31. The molecule has 0 radical (unpaired) electrons. The average Bonchev–Trinajstić information content (AvgIpc) is 2.48. The summed E-state index contributed by atoms with van der Waals surface area (Å²) in [6.45, 7) is 2.93. The summed E-state index contributed by atoms with van der Waals surface area (Å²) in [7, 11) is 0. The van der Waals surface area contributed by atoms with Gasteiger partial charge in [-0.2, -0.15) is 0 Å². The lowest BCUT2D eigenvalue weighted by Crippen LogP contribution is -2.26. The molecule has 1 atom stereocenters. The molecular formula is C15H17ClFN3. The van der Waals surface area contributed by atoms with Gasteiger partial charge in [0.1, 0.15) is 11.6 Å². The van der Waals surface area contributed by atoms with E-state index in [2.05, 4.69) is 22.2 Å². The number of hydrogen-bond donors (Lipinski definition) is 1. The van der Waals surface area contributed by atoms with Crippen molar-refractivity contribution in [1.29, 1.82) is 0 Å². The number of nitrogens with zero attached hydrogens (tertiary/aromatic N) is 2. The van der Waals surface area contributed by atoms with Gasteiger partial charge in [-0.05, 0) is 37.1 Å². The Bertz CT molecular complexity index is 548. The van der Waals surface area contributed by atoms with E-state index in [9.17, 15) is 4.39 Å². The monoisotopic (exact) mass is 293 g/mol. The van der Waals surface area contributed by atoms with Gasteiger partial charge >= 0.3 is 0 Å². The van der Waals surface area contributed by atoms with Crippen molar-refractivity contribution in [3.63, 3.8) is 0 Å². The Labute approximate surface area is 123 Å². The van der Waals surface area contributed by atoms with Gasteiger partial charge in [0, 0.05) is 12.4 Å². The van der Waals surface area contributed by atoms with Gasteiger partial charge in [-0.25, -0.2) is 14.4 Å². The molecule has 0 aliphatic carbocycles. The van der Waals surface area contributed by atoms with Gasteiger partial charge < -0.3 is 5.32 Å². The zero-order chi connectivity index (χ0) is 14.4. The molecule has 0 aliphatic rings. The maximum Gasteiger partial charge on any atom is 0.145 e. The van der Waals surface area contributed by atoms with E-state index < -0.39 is 5.82 Å². The van der Waals surface area contributed by atoms with Gasteiger partial charge in [-0.1, -0.05) is 30.7 Å². The highest BCUT2D eigenvalue weighted by Crippen LogP contribution is 2.24. The molecule has 0 fully saturated rings. The number of halogens is 2. The third kappa shape index (κ3) is 3.74. The Hall–Kier alpha value is -1.52. The lowest BCUT2D eigenvalue weighted by atomic mass is 10.0. The van der Waals surface area contributed by atoms with Crippen molar-refractivity contribution in [2.45, 2.75) is 25.8 Å². The van der Waals surface area contributed by atoms with E-state index in [0.29, 0.717) is 12.2 Å². The van der Waals surface area contributed by atoms with Crippen molar-refractivity contribution in [3.05, 3.63) is 58.9 Å². The molecule has 1 N–H and O–H groups in total. The van der Waals surface area contributed by atoms with Crippen LogP contribution in [0.5, 0.6) is 0 Å². The standard InChI is InChI=1S/C15H17ClFN3/c1-2-7-18-13(15-19-8-4-9-20-15)10-11-5-3-6-12(17)14(11)16/h3-6,8-9,13,18H,2,7,10H2,1H3. The summed E-state index contributed by atoms with van der Waals surface area (Å²) in [6, 6.07) is 6.55. The van der Waals surface area contributed by atoms with Crippen LogP contribution in [0.1, 0.15) is 30.8 Å². The molecule has 1 aromatic carbocycles. The van der Waals surface area contributed by atoms with Crippen molar-refractivity contribution in [2.75, 3.05) is 6.54 Å². The third-order valence-electron chi connectivity index (χ3n) is 2.99. The van der Waals surface area contributed by atoms with Crippen molar-refractivity contribution in [1.82, 2.24) is 15.3 Å². The van der Waals surface area contributed by atoms with Gasteiger partial charge in [0.05, 0.1) is 11.1 Å². The summed E-state index contributed by atoms with van der Waals surface area (Å²) in [6.07, 6.45) is 4.97. The van der Waals surface area contributed by atoms with Crippen LogP contribution in [0.2, 0.25) is 5.02 Å². The Morgan fingerprint density at radius 1 is 1.25 bits per heavy atom. The molecule has 0 saturated carbocycles. The Morgan fingerprint density at radius 3 is 2.70 bits per heavy atom. The van der Waals surface area contributed by atoms with Crippen LogP contribution in [0, 0.1) is 5.82 Å². The Kier molecular flexibility index (Phi) is 5.44. The predicted molar refractivity (Wildman–Crippen MR) is 78.2 cm³/mol. The molecular weight excluding hydrogens is 277 g/mol. The molecule has 0 spiro atoms. The quantitative estimate of drug-likeness (QED) is 0.885. The first-order valence-corrected chi connectivity index (χ1v) is 7.03. The van der Waals surface area contributed by atoms with E-state index >= 15 is 0 Å². The second kappa shape index (κ2) is 7.31. The van der Waals surface area contributed by atoms with E-state index in [1.807, 2.05) is 6.07 Å². The van der Waals surface area contributed by atoms with Gasteiger partial charge in [-0.15, -0.1) is 0 Å². The molecule has 0 bridgehead atoms. The molecule has 5 heteroatoms. The van der Waals surface area contributed by atoms with Gasteiger partial charge in [-0.3, -0.25) is 0 Å². The maximum absolute atomic E-state index is 13.5. The summed E-state index contributed by atoms with van der Waals surface area (Å²) in [5, 5.41) is 3.55. The number of hydrogen-bond acceptors (Lipinski definition) is 3. The van der Waals surface area contributed by atoms with Crippen molar-refractivity contribution in [2.24, 2.45) is 0 Å². The number of aromatic nitrogens is 2. The molecule has 2 aromatic rings. The summed E-state index contributed by atoms with van der Waals surface area (Å²) in [4.78, 5) is 8.54. The largest absolute Gasteiger partial charge is 0.307 e. The fourth-order valence-corrected chi connectivity index (χ4v) is 2.19. The molecule has 106 valence electrons. The molecule has 1 heterocycles. The highest BCUT2D eigenvalue weighted by Gasteiger charge is 2.16. The predicted octanol–water partition coefficient (Wildman–Crippen LogP) is 3.55. The molecule has 2 rings (SSSR count). The summed E-state index contributed by atoms with van der Waals surface area (Å²) in [5.74, 6) is 0.300. The lowest BCUT2D eigenvalue weighted by molar-refractivity contribution is 0.503. The second-order valence-electron chi connectivity index (χ2n) is 4.53. The van der Waals surface area contributed by atoms with Crippen molar-refractivity contribution in [3.8, 4) is 0 Å². The van der Waals surface area contributed by atoms with Crippen LogP contribution in [0.15, 0.2) is 36.7 Å². The number of rotatable bonds is 6. The van der Waals surface area contributed by atoms with Gasteiger partial charge in [0.15, 0.2) is 0 Å². The fourth-order valence-electron chi connectivity index (χ4n) is 1.99. The SMILES string of the molecule is CCCNC(Cc1cccc(F)c1Cl)c1ncccn1. The van der Waals surface area contributed by atoms with E-state index in [1.54, 1.807) is 24.5 Å². The van der Waals surface area contributed by atoms with Crippen LogP contribution in [0.4, 0.5) is 4.39 Å².